The van der Waals surface area contributed by atoms with Crippen LogP contribution < -0.4 is 15.6 Å². The molecule has 0 saturated heterocycles. The molecule has 0 bridgehead atoms. The van der Waals surface area contributed by atoms with Crippen LogP contribution in [0.5, 0.6) is 5.75 Å². The van der Waals surface area contributed by atoms with E-state index in [1.807, 2.05) is 48.5 Å². The van der Waals surface area contributed by atoms with Gasteiger partial charge >= 0.3 is 5.97 Å². The average Bonchev–Trinajstić information content (AvgIpc) is 2.76. The van der Waals surface area contributed by atoms with Gasteiger partial charge in [0.25, 0.3) is 5.56 Å². The van der Waals surface area contributed by atoms with Crippen molar-refractivity contribution >= 4 is 11.9 Å². The van der Waals surface area contributed by atoms with Gasteiger partial charge in [0.1, 0.15) is 0 Å². The molecule has 1 aromatic carbocycles. The first-order valence-electron chi connectivity index (χ1n) is 9.11. The summed E-state index contributed by atoms with van der Waals surface area (Å²) < 4.78 is 11.4. The van der Waals surface area contributed by atoms with Crippen molar-refractivity contribution in [3.63, 3.8) is 0 Å². The van der Waals surface area contributed by atoms with Gasteiger partial charge in [0.05, 0.1) is 25.5 Å². The predicted molar refractivity (Wildman–Crippen MR) is 108 cm³/mol. The number of aromatic nitrogens is 3. The zero-order valence-corrected chi connectivity index (χ0v) is 16.5. The summed E-state index contributed by atoms with van der Waals surface area (Å²) >= 11 is 0. The molecule has 3 aromatic rings. The molecule has 8 nitrogen and oxygen atoms in total. The second kappa shape index (κ2) is 9.01. The van der Waals surface area contributed by atoms with E-state index in [-0.39, 0.29) is 30.0 Å². The van der Waals surface area contributed by atoms with Crippen LogP contribution in [0.4, 0.5) is 5.95 Å². The van der Waals surface area contributed by atoms with Crippen molar-refractivity contribution in [2.75, 3.05) is 19.0 Å². The van der Waals surface area contributed by atoms with Crippen molar-refractivity contribution in [2.24, 2.45) is 7.05 Å². The molecule has 0 amide bonds. The number of hydrogen-bond acceptors (Lipinski definition) is 7. The first-order valence-corrected chi connectivity index (χ1v) is 9.11. The lowest BCUT2D eigenvalue weighted by Gasteiger charge is -2.21. The molecule has 2 heterocycles. The second-order valence-electron chi connectivity index (χ2n) is 6.14. The van der Waals surface area contributed by atoms with Crippen LogP contribution >= 0.6 is 0 Å². The van der Waals surface area contributed by atoms with Crippen molar-refractivity contribution in [3.05, 3.63) is 82.0 Å². The number of benzene rings is 1. The van der Waals surface area contributed by atoms with Crippen LogP contribution in [0.25, 0.3) is 0 Å². The number of nitrogens with zero attached hydrogens (tertiary/aromatic N) is 3. The van der Waals surface area contributed by atoms with Crippen LogP contribution in [-0.2, 0) is 11.8 Å². The van der Waals surface area contributed by atoms with E-state index in [9.17, 15) is 9.59 Å². The maximum absolute atomic E-state index is 12.7. The lowest BCUT2D eigenvalue weighted by molar-refractivity contribution is 0.0514. The molecular weight excluding hydrogens is 372 g/mol. The molecule has 150 valence electrons. The predicted octanol–water partition coefficient (Wildman–Crippen LogP) is 2.56. The number of esters is 1. The SMILES string of the molecule is CCOC(=O)c1nc(NC(c2ccccc2)c2ccccn2)n(C)c(=O)c1OC. The number of carbonyl (C=O) groups excluding carboxylic acids is 1. The minimum absolute atomic E-state index is 0.155. The van der Waals surface area contributed by atoms with E-state index >= 15 is 0 Å². The lowest BCUT2D eigenvalue weighted by Crippen LogP contribution is -2.28. The summed E-state index contributed by atoms with van der Waals surface area (Å²) in [7, 11) is 2.87. The highest BCUT2D eigenvalue weighted by Gasteiger charge is 2.24. The summed E-state index contributed by atoms with van der Waals surface area (Å²) in [6, 6.07) is 14.8. The minimum Gasteiger partial charge on any atom is -0.489 e. The fourth-order valence-corrected chi connectivity index (χ4v) is 2.88. The van der Waals surface area contributed by atoms with Gasteiger partial charge in [0, 0.05) is 13.2 Å². The Labute approximate surface area is 168 Å². The number of pyridine rings is 1. The van der Waals surface area contributed by atoms with Crippen LogP contribution in [0.3, 0.4) is 0 Å². The van der Waals surface area contributed by atoms with Crippen molar-refractivity contribution in [2.45, 2.75) is 13.0 Å². The number of hydrogen-bond donors (Lipinski definition) is 1. The lowest BCUT2D eigenvalue weighted by atomic mass is 10.0. The highest BCUT2D eigenvalue weighted by Crippen LogP contribution is 2.25. The average molecular weight is 394 g/mol. The minimum atomic E-state index is -0.723. The molecule has 1 N–H and O–H groups in total. The van der Waals surface area contributed by atoms with Crippen molar-refractivity contribution in [1.29, 1.82) is 0 Å². The highest BCUT2D eigenvalue weighted by atomic mass is 16.5. The molecule has 1 atom stereocenters. The molecule has 2 aromatic heterocycles. The zero-order valence-electron chi connectivity index (χ0n) is 16.5. The molecular formula is C21H22N4O4. The largest absolute Gasteiger partial charge is 0.489 e. The van der Waals surface area contributed by atoms with Crippen LogP contribution in [0.1, 0.15) is 34.7 Å². The zero-order chi connectivity index (χ0) is 20.8. The van der Waals surface area contributed by atoms with Gasteiger partial charge < -0.3 is 14.8 Å². The maximum Gasteiger partial charge on any atom is 0.361 e. The van der Waals surface area contributed by atoms with E-state index < -0.39 is 11.5 Å². The van der Waals surface area contributed by atoms with E-state index in [1.165, 1.54) is 11.7 Å². The van der Waals surface area contributed by atoms with Gasteiger partial charge in [-0.05, 0) is 24.6 Å². The Hall–Kier alpha value is -3.68. The van der Waals surface area contributed by atoms with Gasteiger partial charge in [0.2, 0.25) is 11.7 Å². The monoisotopic (exact) mass is 394 g/mol. The fraction of sp³-hybridized carbons (Fsp3) is 0.238. The Balaban J connectivity index is 2.11. The Kier molecular flexibility index (Phi) is 6.23. The quantitative estimate of drug-likeness (QED) is 0.615. The highest BCUT2D eigenvalue weighted by molar-refractivity contribution is 5.90. The molecule has 0 aliphatic rings. The van der Waals surface area contributed by atoms with Gasteiger partial charge in [-0.2, -0.15) is 0 Å². The van der Waals surface area contributed by atoms with E-state index in [0.717, 1.165) is 11.3 Å². The number of methoxy groups -OCH3 is 1. The normalized spacial score (nSPS) is 11.6. The Morgan fingerprint density at radius 2 is 1.90 bits per heavy atom. The smallest absolute Gasteiger partial charge is 0.361 e. The molecule has 0 aliphatic heterocycles. The Morgan fingerprint density at radius 3 is 2.52 bits per heavy atom. The van der Waals surface area contributed by atoms with Crippen molar-refractivity contribution < 1.29 is 14.3 Å². The molecule has 0 fully saturated rings. The molecule has 0 aliphatic carbocycles. The number of ether oxygens (including phenoxy) is 2. The van der Waals surface area contributed by atoms with Gasteiger partial charge in [-0.1, -0.05) is 36.4 Å². The van der Waals surface area contributed by atoms with Crippen LogP contribution in [0.2, 0.25) is 0 Å². The first kappa shape index (κ1) is 20.1. The van der Waals surface area contributed by atoms with Gasteiger partial charge in [-0.15, -0.1) is 0 Å². The molecule has 3 rings (SSSR count). The fourth-order valence-electron chi connectivity index (χ4n) is 2.88. The Morgan fingerprint density at radius 1 is 1.17 bits per heavy atom. The molecule has 1 unspecified atom stereocenters. The van der Waals surface area contributed by atoms with Crippen molar-refractivity contribution in [3.8, 4) is 5.75 Å². The standard InChI is InChI=1S/C21H22N4O4/c1-4-29-20(27)17-18(28-3)19(26)25(2)21(24-17)23-16(14-10-6-5-7-11-14)15-12-8-9-13-22-15/h5-13,16H,4H2,1-3H3,(H,23,24). The summed E-state index contributed by atoms with van der Waals surface area (Å²) in [6.45, 7) is 1.83. The molecule has 0 saturated carbocycles. The van der Waals surface area contributed by atoms with Crippen LogP contribution in [-0.4, -0.2) is 34.2 Å². The third-order valence-corrected chi connectivity index (χ3v) is 4.31. The van der Waals surface area contributed by atoms with Gasteiger partial charge in [0.15, 0.2) is 5.69 Å². The molecule has 0 radical (unpaired) electrons. The molecule has 8 heteroatoms. The summed E-state index contributed by atoms with van der Waals surface area (Å²) in [5.74, 6) is -0.692. The third-order valence-electron chi connectivity index (χ3n) is 4.31. The number of nitrogens with one attached hydrogen (secondary N) is 1. The molecule has 0 spiro atoms. The summed E-state index contributed by atoms with van der Waals surface area (Å²) in [5, 5.41) is 3.24. The maximum atomic E-state index is 12.7. The van der Waals surface area contributed by atoms with Crippen LogP contribution in [0, 0.1) is 0 Å². The number of carbonyl (C=O) groups is 1. The summed E-state index contributed by atoms with van der Waals surface area (Å²) in [4.78, 5) is 33.8. The second-order valence-corrected chi connectivity index (χ2v) is 6.14. The van der Waals surface area contributed by atoms with Gasteiger partial charge in [-0.3, -0.25) is 14.3 Å². The van der Waals surface area contributed by atoms with E-state index in [1.54, 1.807) is 20.2 Å². The third kappa shape index (κ3) is 4.26. The number of anilines is 1. The van der Waals surface area contributed by atoms with E-state index in [0.29, 0.717) is 0 Å². The summed E-state index contributed by atoms with van der Waals surface area (Å²) in [6.07, 6.45) is 1.69. The van der Waals surface area contributed by atoms with Crippen molar-refractivity contribution in [1.82, 2.24) is 14.5 Å². The van der Waals surface area contributed by atoms with Gasteiger partial charge in [-0.25, -0.2) is 9.78 Å². The topological polar surface area (TPSA) is 95.3 Å². The number of rotatable bonds is 7. The first-order chi connectivity index (χ1) is 14.1. The van der Waals surface area contributed by atoms with Crippen LogP contribution in [0.15, 0.2) is 59.5 Å². The van der Waals surface area contributed by atoms with E-state index in [2.05, 4.69) is 15.3 Å². The molecule has 29 heavy (non-hydrogen) atoms. The summed E-state index contributed by atoms with van der Waals surface area (Å²) in [5.41, 5.74) is 0.990. The Bertz CT molecular complexity index is 996. The van der Waals surface area contributed by atoms with E-state index in [4.69, 9.17) is 9.47 Å².